The Balaban J connectivity index is 1.63. The molecule has 106 valence electrons. The summed E-state index contributed by atoms with van der Waals surface area (Å²) in [6.45, 7) is -0.181. The van der Waals surface area contributed by atoms with E-state index in [9.17, 15) is 4.79 Å². The molecule has 0 bridgehead atoms. The molecule has 7 heteroatoms. The predicted molar refractivity (Wildman–Crippen MR) is 79.1 cm³/mol. The van der Waals surface area contributed by atoms with Crippen LogP contribution in [0.15, 0.2) is 48.5 Å². The molecular weight excluding hydrogens is 292 g/mol. The van der Waals surface area contributed by atoms with E-state index in [2.05, 4.69) is 15.6 Å². The van der Waals surface area contributed by atoms with Crippen LogP contribution in [0.1, 0.15) is 0 Å². The smallest absolute Gasteiger partial charge is 0.265 e. The van der Waals surface area contributed by atoms with Crippen LogP contribution in [0.4, 0.5) is 5.69 Å². The van der Waals surface area contributed by atoms with Gasteiger partial charge in [-0.15, -0.1) is 5.10 Å². The molecule has 1 amide bonds. The quantitative estimate of drug-likeness (QED) is 0.802. The maximum Gasteiger partial charge on any atom is 0.265 e. The molecule has 0 spiro atoms. The van der Waals surface area contributed by atoms with Crippen molar-refractivity contribution in [3.05, 3.63) is 53.6 Å². The lowest BCUT2D eigenvalue weighted by molar-refractivity contribution is -0.121. The molecule has 3 aromatic rings. The molecule has 0 aliphatic carbocycles. The molecule has 0 fully saturated rings. The van der Waals surface area contributed by atoms with Crippen molar-refractivity contribution >= 4 is 34.2 Å². The van der Waals surface area contributed by atoms with Crippen LogP contribution in [-0.2, 0) is 4.79 Å². The Labute approximate surface area is 125 Å². The number of carbonyl (C=O) groups is 1. The maximum absolute atomic E-state index is 11.8. The van der Waals surface area contributed by atoms with Crippen molar-refractivity contribution in [2.24, 2.45) is 0 Å². The second-order valence-electron chi connectivity index (χ2n) is 4.28. The fourth-order valence-corrected chi connectivity index (χ4v) is 2.02. The molecule has 0 radical (unpaired) electrons. The van der Waals surface area contributed by atoms with Gasteiger partial charge < -0.3 is 10.2 Å². The molecule has 0 unspecified atom stereocenters. The molecule has 0 aliphatic rings. The number of hydrogen-bond donors (Lipinski definition) is 1. The summed E-state index contributed by atoms with van der Waals surface area (Å²) in [5, 5.41) is 11.0. The minimum Gasteiger partial charge on any atom is -0.385 e. The Morgan fingerprint density at radius 2 is 2.10 bits per heavy atom. The third-order valence-corrected chi connectivity index (χ3v) is 2.98. The average Bonchev–Trinajstić information content (AvgIpc) is 2.88. The van der Waals surface area contributed by atoms with Gasteiger partial charge in [-0.2, -0.15) is 0 Å². The van der Waals surface area contributed by atoms with Crippen LogP contribution in [-0.4, -0.2) is 27.7 Å². The number of aromatic nitrogens is 3. The third-order valence-electron chi connectivity index (χ3n) is 2.75. The molecule has 6 nitrogen and oxygen atoms in total. The Morgan fingerprint density at radius 1 is 1.24 bits per heavy atom. The summed E-state index contributed by atoms with van der Waals surface area (Å²) in [5.74, 6) is -0.308. The average molecular weight is 303 g/mol. The lowest BCUT2D eigenvalue weighted by atomic mass is 10.3. The molecule has 0 aliphatic heterocycles. The summed E-state index contributed by atoms with van der Waals surface area (Å²) >= 11 is 5.85. The molecule has 0 saturated carbocycles. The van der Waals surface area contributed by atoms with Crippen LogP contribution in [0.3, 0.4) is 0 Å². The highest BCUT2D eigenvalue weighted by Gasteiger charge is 2.07. The Kier molecular flexibility index (Phi) is 3.70. The van der Waals surface area contributed by atoms with Gasteiger partial charge in [-0.25, -0.2) is 0 Å². The van der Waals surface area contributed by atoms with E-state index < -0.39 is 0 Å². The summed E-state index contributed by atoms with van der Waals surface area (Å²) < 4.78 is 0. The normalized spacial score (nSPS) is 10.5. The zero-order valence-corrected chi connectivity index (χ0v) is 11.6. The number of rotatable bonds is 4. The third kappa shape index (κ3) is 3.11. The molecule has 1 N–H and O–H groups in total. The van der Waals surface area contributed by atoms with Crippen molar-refractivity contribution < 1.29 is 9.63 Å². The monoisotopic (exact) mass is 302 g/mol. The van der Waals surface area contributed by atoms with Crippen molar-refractivity contribution in [3.63, 3.8) is 0 Å². The Bertz CT molecular complexity index is 787. The van der Waals surface area contributed by atoms with Crippen LogP contribution in [0.2, 0.25) is 5.02 Å². The Morgan fingerprint density at radius 3 is 2.95 bits per heavy atom. The highest BCUT2D eigenvalue weighted by atomic mass is 35.5. The topological polar surface area (TPSA) is 69.0 Å². The summed E-state index contributed by atoms with van der Waals surface area (Å²) in [6.07, 6.45) is 0. The largest absolute Gasteiger partial charge is 0.385 e. The van der Waals surface area contributed by atoms with Crippen LogP contribution in [0, 0.1) is 0 Å². The van der Waals surface area contributed by atoms with Crippen molar-refractivity contribution in [3.8, 4) is 0 Å². The number of nitrogens with zero attached hydrogens (tertiary/aromatic N) is 3. The Hall–Kier alpha value is -2.60. The van der Waals surface area contributed by atoms with Crippen molar-refractivity contribution in [2.45, 2.75) is 0 Å². The molecule has 3 rings (SSSR count). The van der Waals surface area contributed by atoms with E-state index >= 15 is 0 Å². The summed E-state index contributed by atoms with van der Waals surface area (Å²) in [5.41, 5.74) is 2.01. The zero-order valence-electron chi connectivity index (χ0n) is 10.9. The first kappa shape index (κ1) is 13.4. The van der Waals surface area contributed by atoms with Gasteiger partial charge in [0.15, 0.2) is 6.61 Å². The minimum absolute atomic E-state index is 0.181. The number of para-hydroxylation sites is 1. The number of nitrogens with one attached hydrogen (secondary N) is 1. The second-order valence-corrected chi connectivity index (χ2v) is 4.72. The summed E-state index contributed by atoms with van der Waals surface area (Å²) in [7, 11) is 0. The van der Waals surface area contributed by atoms with Gasteiger partial charge in [0.2, 0.25) is 0 Å². The first-order valence-corrected chi connectivity index (χ1v) is 6.59. The lowest BCUT2D eigenvalue weighted by Crippen LogP contribution is -2.26. The van der Waals surface area contributed by atoms with Crippen molar-refractivity contribution in [2.75, 3.05) is 11.9 Å². The van der Waals surface area contributed by atoms with Gasteiger partial charge in [0.05, 0.1) is 0 Å². The summed E-state index contributed by atoms with van der Waals surface area (Å²) in [6, 6.07) is 14.2. The lowest BCUT2D eigenvalue weighted by Gasteiger charge is -2.07. The van der Waals surface area contributed by atoms with E-state index in [4.69, 9.17) is 16.4 Å². The standard InChI is InChI=1S/C14H11ClN4O2/c15-10-4-3-5-11(8-10)16-14(20)9-21-19-13-7-2-1-6-12(13)17-18-19/h1-8H,9H2,(H,16,20). The maximum atomic E-state index is 11.8. The van der Waals surface area contributed by atoms with Gasteiger partial charge in [-0.3, -0.25) is 4.79 Å². The minimum atomic E-state index is -0.308. The SMILES string of the molecule is O=C(COn1nnc2ccccc21)Nc1cccc(Cl)c1. The van der Waals surface area contributed by atoms with E-state index in [-0.39, 0.29) is 12.5 Å². The van der Waals surface area contributed by atoms with Crippen molar-refractivity contribution in [1.82, 2.24) is 15.2 Å². The summed E-state index contributed by atoms with van der Waals surface area (Å²) in [4.78, 5) is 18.4. The van der Waals surface area contributed by atoms with E-state index in [0.717, 1.165) is 0 Å². The molecule has 1 aromatic heterocycles. The fraction of sp³-hybridized carbons (Fsp3) is 0.0714. The fourth-order valence-electron chi connectivity index (χ4n) is 1.83. The molecule has 2 aromatic carbocycles. The highest BCUT2D eigenvalue weighted by molar-refractivity contribution is 6.30. The predicted octanol–water partition coefficient (Wildman–Crippen LogP) is 2.15. The van der Waals surface area contributed by atoms with Gasteiger partial charge in [0.25, 0.3) is 5.91 Å². The van der Waals surface area contributed by atoms with Crippen molar-refractivity contribution in [1.29, 1.82) is 0 Å². The number of hydrogen-bond acceptors (Lipinski definition) is 4. The van der Waals surface area contributed by atoms with E-state index in [0.29, 0.717) is 21.7 Å². The van der Waals surface area contributed by atoms with Gasteiger partial charge >= 0.3 is 0 Å². The number of anilines is 1. The zero-order chi connectivity index (χ0) is 14.7. The van der Waals surface area contributed by atoms with Gasteiger partial charge in [-0.05, 0) is 35.5 Å². The molecular formula is C14H11ClN4O2. The highest BCUT2D eigenvalue weighted by Crippen LogP contribution is 2.14. The molecule has 1 heterocycles. The van der Waals surface area contributed by atoms with Crippen LogP contribution < -0.4 is 10.2 Å². The van der Waals surface area contributed by atoms with Crippen LogP contribution in [0.5, 0.6) is 0 Å². The van der Waals surface area contributed by atoms with Gasteiger partial charge in [0.1, 0.15) is 11.0 Å². The first-order chi connectivity index (χ1) is 10.2. The number of fused-ring (bicyclic) bond motifs is 1. The molecule has 0 atom stereocenters. The van der Waals surface area contributed by atoms with Crippen LogP contribution >= 0.6 is 11.6 Å². The number of halogens is 1. The van der Waals surface area contributed by atoms with Crippen LogP contribution in [0.25, 0.3) is 11.0 Å². The number of benzene rings is 2. The molecule has 0 saturated heterocycles. The van der Waals surface area contributed by atoms with E-state index in [1.807, 2.05) is 24.3 Å². The first-order valence-electron chi connectivity index (χ1n) is 6.21. The molecule has 21 heavy (non-hydrogen) atoms. The second kappa shape index (κ2) is 5.80. The van der Waals surface area contributed by atoms with E-state index in [1.165, 1.54) is 4.85 Å². The van der Waals surface area contributed by atoms with Gasteiger partial charge in [0, 0.05) is 10.7 Å². The van der Waals surface area contributed by atoms with Gasteiger partial charge in [-0.1, -0.05) is 34.6 Å². The number of amides is 1. The van der Waals surface area contributed by atoms with E-state index in [1.54, 1.807) is 24.3 Å². The number of carbonyl (C=O) groups excluding carboxylic acids is 1.